The number of urea groups is 1. The summed E-state index contributed by atoms with van der Waals surface area (Å²) in [6.45, 7) is 3.47. The van der Waals surface area contributed by atoms with Gasteiger partial charge >= 0.3 is 6.03 Å². The minimum absolute atomic E-state index is 0.0651. The lowest BCUT2D eigenvalue weighted by Crippen LogP contribution is -2.40. The second-order valence-corrected chi connectivity index (χ2v) is 16.3. The molecule has 15 heteroatoms. The topological polar surface area (TPSA) is 178 Å². The Morgan fingerprint density at radius 1 is 0.724 bits per heavy atom. The van der Waals surface area contributed by atoms with Crippen molar-refractivity contribution in [2.24, 2.45) is 0 Å². The normalized spacial score (nSPS) is 17.8. The van der Waals surface area contributed by atoms with Gasteiger partial charge < -0.3 is 26.4 Å². The minimum atomic E-state index is -0.691. The zero-order chi connectivity index (χ0) is 40.4. The molecule has 0 aromatic carbocycles. The van der Waals surface area contributed by atoms with Gasteiger partial charge in [-0.1, -0.05) is 31.0 Å². The van der Waals surface area contributed by atoms with Crippen LogP contribution in [0.2, 0.25) is 0 Å². The van der Waals surface area contributed by atoms with Crippen LogP contribution >= 0.6 is 11.8 Å². The summed E-state index contributed by atoms with van der Waals surface area (Å²) in [7, 11) is 0. The van der Waals surface area contributed by atoms with Crippen LogP contribution in [0.4, 0.5) is 10.5 Å². The molecule has 2 fully saturated rings. The van der Waals surface area contributed by atoms with Crippen molar-refractivity contribution in [1.82, 2.24) is 45.7 Å². The molecule has 6 rings (SSSR count). The highest BCUT2D eigenvalue weighted by Crippen LogP contribution is 2.33. The van der Waals surface area contributed by atoms with Gasteiger partial charge in [-0.3, -0.25) is 39.3 Å². The van der Waals surface area contributed by atoms with E-state index in [1.165, 1.54) is 0 Å². The first-order chi connectivity index (χ1) is 28.4. The lowest BCUT2D eigenvalue weighted by molar-refractivity contribution is -0.121. The molecule has 2 aliphatic rings. The molecule has 4 aromatic rings. The standard InChI is InChI=1S/C43H56N10O4S/c54-37(29-52(25-33-12-5-9-19-44-33)26-34-13-6-10-20-45-34)30-53(27-35-14-7-11-21-46-35)28-36-24-32(18-23-47-36)49-41(56)17-2-1-8-22-48-40(55)16-4-3-15-39-42-38(31-58-39)50-43(57)51-42/h5-7,9-14,18-21,23-24,37-39,42,54H,1-4,8,15-17,22,25-31H2,(H,48,55)(H,47,49,56)(H2,50,51,57)/t37?,38-,39?,42-/m0/s1. The molecule has 0 bridgehead atoms. The van der Waals surface area contributed by atoms with E-state index >= 15 is 0 Å². The molecule has 0 radical (unpaired) electrons. The van der Waals surface area contributed by atoms with Crippen LogP contribution in [0.15, 0.2) is 91.5 Å². The summed E-state index contributed by atoms with van der Waals surface area (Å²) in [5.74, 6) is 0.947. The smallest absolute Gasteiger partial charge is 0.315 e. The van der Waals surface area contributed by atoms with Crippen molar-refractivity contribution >= 4 is 35.3 Å². The number of hydrogen-bond donors (Lipinski definition) is 5. The van der Waals surface area contributed by atoms with E-state index in [0.717, 1.165) is 67.1 Å². The monoisotopic (exact) mass is 808 g/mol. The Morgan fingerprint density at radius 2 is 1.31 bits per heavy atom. The highest BCUT2D eigenvalue weighted by molar-refractivity contribution is 8.00. The Morgan fingerprint density at radius 3 is 1.93 bits per heavy atom. The highest BCUT2D eigenvalue weighted by atomic mass is 32.2. The fourth-order valence-corrected chi connectivity index (χ4v) is 9.00. The molecular weight excluding hydrogens is 753 g/mol. The van der Waals surface area contributed by atoms with Crippen LogP contribution in [0, 0.1) is 0 Å². The van der Waals surface area contributed by atoms with Gasteiger partial charge in [-0.2, -0.15) is 11.8 Å². The van der Waals surface area contributed by atoms with Crippen LogP contribution in [0.3, 0.4) is 0 Å². The van der Waals surface area contributed by atoms with Gasteiger partial charge in [-0.05, 0) is 74.2 Å². The first-order valence-corrected chi connectivity index (χ1v) is 21.4. The zero-order valence-electron chi connectivity index (χ0n) is 33.0. The summed E-state index contributed by atoms with van der Waals surface area (Å²) in [4.78, 5) is 59.2. The number of unbranched alkanes of at least 4 members (excludes halogenated alkanes) is 3. The molecule has 14 nitrogen and oxygen atoms in total. The van der Waals surface area contributed by atoms with Crippen molar-refractivity contribution < 1.29 is 19.5 Å². The van der Waals surface area contributed by atoms with Gasteiger partial charge in [-0.15, -0.1) is 0 Å². The number of aliphatic hydroxyl groups excluding tert-OH is 1. The minimum Gasteiger partial charge on any atom is -0.390 e. The number of aromatic nitrogens is 4. The number of nitrogens with zero attached hydrogens (tertiary/aromatic N) is 6. The van der Waals surface area contributed by atoms with E-state index in [-0.39, 0.29) is 29.9 Å². The molecule has 0 aliphatic carbocycles. The largest absolute Gasteiger partial charge is 0.390 e. The first-order valence-electron chi connectivity index (χ1n) is 20.4. The van der Waals surface area contributed by atoms with E-state index in [0.29, 0.717) is 69.6 Å². The summed E-state index contributed by atoms with van der Waals surface area (Å²) in [5, 5.41) is 23.9. The predicted octanol–water partition coefficient (Wildman–Crippen LogP) is 4.67. The van der Waals surface area contributed by atoms with Crippen LogP contribution in [0.25, 0.3) is 0 Å². The van der Waals surface area contributed by atoms with Gasteiger partial charge in [0.25, 0.3) is 0 Å². The third-order valence-electron chi connectivity index (χ3n) is 10.2. The van der Waals surface area contributed by atoms with E-state index < -0.39 is 6.10 Å². The van der Waals surface area contributed by atoms with Crippen LogP contribution in [0.1, 0.15) is 74.1 Å². The molecule has 5 N–H and O–H groups in total. The van der Waals surface area contributed by atoms with Crippen LogP contribution in [-0.2, 0) is 35.8 Å². The van der Waals surface area contributed by atoms with Crippen molar-refractivity contribution in [1.29, 1.82) is 0 Å². The lowest BCUT2D eigenvalue weighted by Gasteiger charge is -2.29. The summed E-state index contributed by atoms with van der Waals surface area (Å²) < 4.78 is 0. The Hall–Kier alpha value is -4.96. The molecular formula is C43H56N10O4S. The number of fused-ring (bicyclic) bond motifs is 1. The van der Waals surface area contributed by atoms with Crippen molar-refractivity contribution in [3.05, 3.63) is 114 Å². The van der Waals surface area contributed by atoms with Crippen molar-refractivity contribution in [3.8, 4) is 0 Å². The van der Waals surface area contributed by atoms with E-state index in [2.05, 4.69) is 51.0 Å². The fourth-order valence-electron chi connectivity index (χ4n) is 7.46. The molecule has 4 aromatic heterocycles. The third-order valence-corrected chi connectivity index (χ3v) is 11.8. The third kappa shape index (κ3) is 14.5. The maximum absolute atomic E-state index is 12.9. The Labute approximate surface area is 345 Å². The average Bonchev–Trinajstić information content (AvgIpc) is 3.78. The number of carbonyl (C=O) groups excluding carboxylic acids is 3. The molecule has 0 spiro atoms. The molecule has 4 amide bonds. The SMILES string of the molecule is O=C(CCCCC1SC[C@@H]2NC(=O)N[C@H]12)NCCCCCC(=O)Nc1ccnc(CN(Cc2ccccn2)CC(O)CN(Cc2ccccn2)Cc2ccccn2)c1. The summed E-state index contributed by atoms with van der Waals surface area (Å²) in [6, 6.07) is 21.5. The molecule has 2 aliphatic heterocycles. The maximum Gasteiger partial charge on any atom is 0.315 e. The summed E-state index contributed by atoms with van der Waals surface area (Å²) >= 11 is 1.90. The lowest BCUT2D eigenvalue weighted by atomic mass is 10.0. The zero-order valence-corrected chi connectivity index (χ0v) is 33.9. The van der Waals surface area contributed by atoms with E-state index in [1.54, 1.807) is 30.9 Å². The van der Waals surface area contributed by atoms with E-state index in [4.69, 9.17) is 0 Å². The number of pyridine rings is 4. The van der Waals surface area contributed by atoms with Gasteiger partial charge in [-0.25, -0.2) is 4.79 Å². The van der Waals surface area contributed by atoms with Crippen molar-refractivity contribution in [3.63, 3.8) is 0 Å². The molecule has 58 heavy (non-hydrogen) atoms. The molecule has 2 saturated heterocycles. The predicted molar refractivity (Wildman–Crippen MR) is 225 cm³/mol. The summed E-state index contributed by atoms with van der Waals surface area (Å²) in [5.41, 5.74) is 4.15. The molecule has 0 saturated carbocycles. The number of thioether (sulfide) groups is 1. The van der Waals surface area contributed by atoms with E-state index in [9.17, 15) is 19.5 Å². The average molecular weight is 809 g/mol. The number of nitrogens with one attached hydrogen (secondary N) is 4. The van der Waals surface area contributed by atoms with Crippen LogP contribution < -0.4 is 21.3 Å². The van der Waals surface area contributed by atoms with Gasteiger partial charge in [0.05, 0.1) is 41.0 Å². The molecule has 6 heterocycles. The number of aliphatic hydroxyl groups is 1. The highest BCUT2D eigenvalue weighted by Gasteiger charge is 2.42. The van der Waals surface area contributed by atoms with Gasteiger partial charge in [0.2, 0.25) is 11.8 Å². The van der Waals surface area contributed by atoms with Gasteiger partial charge in [0, 0.05) is 100 Å². The van der Waals surface area contributed by atoms with Crippen LogP contribution in [0.5, 0.6) is 0 Å². The van der Waals surface area contributed by atoms with Gasteiger partial charge in [0.15, 0.2) is 0 Å². The fraction of sp³-hybridized carbons (Fsp3) is 0.465. The first kappa shape index (κ1) is 42.6. The molecule has 2 unspecified atom stereocenters. The van der Waals surface area contributed by atoms with Crippen LogP contribution in [-0.4, -0.2) is 102 Å². The Balaban J connectivity index is 0.913. The number of amides is 4. The van der Waals surface area contributed by atoms with E-state index in [1.807, 2.05) is 72.4 Å². The second-order valence-electron chi connectivity index (χ2n) is 15.1. The summed E-state index contributed by atoms with van der Waals surface area (Å²) in [6.07, 6.45) is 12.4. The van der Waals surface area contributed by atoms with Crippen molar-refractivity contribution in [2.75, 3.05) is 30.7 Å². The Bertz CT molecular complexity index is 1820. The van der Waals surface area contributed by atoms with Gasteiger partial charge in [0.1, 0.15) is 0 Å². The molecule has 308 valence electrons. The quantitative estimate of drug-likeness (QED) is 0.0491. The second kappa shape index (κ2) is 22.8. The van der Waals surface area contributed by atoms with Crippen molar-refractivity contribution in [2.45, 2.75) is 101 Å². The number of hydrogen-bond acceptors (Lipinski definition) is 11. The number of carbonyl (C=O) groups is 3. The Kier molecular flexibility index (Phi) is 16.8. The number of rotatable bonds is 24. The molecule has 4 atom stereocenters. The number of anilines is 1. The maximum atomic E-state index is 12.9.